The number of hydrogen-bond donors (Lipinski definition) is 6. The molecule has 294 valence electrons. The van der Waals surface area contributed by atoms with Crippen molar-refractivity contribution in [1.29, 1.82) is 0 Å². The van der Waals surface area contributed by atoms with Crippen LogP contribution in [0.2, 0.25) is 0 Å². The monoisotopic (exact) mass is 743 g/mol. The zero-order chi connectivity index (χ0) is 39.4. The molecular weight excluding hydrogens is 683 g/mol. The van der Waals surface area contributed by atoms with Crippen molar-refractivity contribution in [1.82, 2.24) is 10.6 Å². The number of nitrogens with two attached hydrogens (primary N) is 2. The van der Waals surface area contributed by atoms with Crippen LogP contribution in [0.4, 0.5) is 5.69 Å². The molecule has 5 aliphatic rings. The number of carbonyl (C=O) groups excluding carboxylic acids is 4. The summed E-state index contributed by atoms with van der Waals surface area (Å²) in [5.74, 6) is -2.05. The van der Waals surface area contributed by atoms with E-state index in [1.165, 1.54) is 16.7 Å². The number of carboxylic acids is 1. The Labute approximate surface area is 319 Å². The van der Waals surface area contributed by atoms with E-state index in [4.69, 9.17) is 16.6 Å². The van der Waals surface area contributed by atoms with E-state index < -0.39 is 40.7 Å². The quantitative estimate of drug-likeness (QED) is 0.181. The zero-order valence-electron chi connectivity index (χ0n) is 33.0. The van der Waals surface area contributed by atoms with E-state index in [0.29, 0.717) is 12.1 Å². The molecule has 3 unspecified atom stereocenters. The normalized spacial score (nSPS) is 35.3. The van der Waals surface area contributed by atoms with E-state index >= 15 is 0 Å². The van der Waals surface area contributed by atoms with Gasteiger partial charge in [0.25, 0.3) is 0 Å². The van der Waals surface area contributed by atoms with Gasteiger partial charge in [-0.25, -0.2) is 0 Å². The lowest BCUT2D eigenvalue weighted by molar-refractivity contribution is -0.151. The highest BCUT2D eigenvalue weighted by atomic mass is 16.4. The van der Waals surface area contributed by atoms with Gasteiger partial charge in [-0.15, -0.1) is 0 Å². The SMILES string of the molecule is CC1C2=C(C=CC1N)CC[C@H]1[C@@](C)(C(=O)NC(=O)[C@@]3(C)CCC[C@]4(C)c5cc(NC(=O)[C@H](C)NC(=O)[C@@H](N)CCC(=O)O)ccc5CCC34)CCC[C@]21C. The van der Waals surface area contributed by atoms with Gasteiger partial charge in [0.05, 0.1) is 16.9 Å². The number of anilines is 1. The van der Waals surface area contributed by atoms with Crippen LogP contribution >= 0.6 is 0 Å². The summed E-state index contributed by atoms with van der Waals surface area (Å²) < 4.78 is 0. The summed E-state index contributed by atoms with van der Waals surface area (Å²) in [6, 6.07) is 3.94. The first kappa shape index (κ1) is 39.9. The third kappa shape index (κ3) is 6.84. The first-order chi connectivity index (χ1) is 25.3. The van der Waals surface area contributed by atoms with E-state index in [2.05, 4.69) is 55.8 Å². The van der Waals surface area contributed by atoms with Crippen molar-refractivity contribution >= 4 is 35.3 Å². The number of benzene rings is 1. The number of fused-ring (bicyclic) bond motifs is 5. The summed E-state index contributed by atoms with van der Waals surface area (Å²) in [5, 5.41) is 17.5. The third-order valence-electron chi connectivity index (χ3n) is 14.8. The molecule has 0 aliphatic heterocycles. The van der Waals surface area contributed by atoms with Crippen LogP contribution in [0.1, 0.15) is 123 Å². The summed E-state index contributed by atoms with van der Waals surface area (Å²) in [6.07, 6.45) is 12.6. The van der Waals surface area contributed by atoms with Gasteiger partial charge >= 0.3 is 5.97 Å². The second-order valence-corrected chi connectivity index (χ2v) is 18.1. The van der Waals surface area contributed by atoms with Crippen molar-refractivity contribution in [2.75, 3.05) is 5.32 Å². The molecule has 11 heteroatoms. The van der Waals surface area contributed by atoms with E-state index in [-0.39, 0.29) is 59.3 Å². The fourth-order valence-electron chi connectivity index (χ4n) is 11.7. The van der Waals surface area contributed by atoms with Gasteiger partial charge in [-0.1, -0.05) is 71.3 Å². The van der Waals surface area contributed by atoms with Crippen LogP contribution in [0.25, 0.3) is 0 Å². The van der Waals surface area contributed by atoms with Gasteiger partial charge in [0, 0.05) is 18.2 Å². The molecule has 8 N–H and O–H groups in total. The molecule has 0 bridgehead atoms. The molecule has 11 nitrogen and oxygen atoms in total. The van der Waals surface area contributed by atoms with E-state index in [0.717, 1.165) is 63.4 Å². The number of aryl methyl sites for hydroxylation is 1. The van der Waals surface area contributed by atoms with Gasteiger partial charge < -0.3 is 27.2 Å². The number of hydrogen-bond acceptors (Lipinski definition) is 7. The standard InChI is InChI=1S/C43H61N5O6/c1-24-30(44)14-10-27-12-17-33-41(4,35(24)27)20-8-22-43(33,6)39(54)48-38(53)42(5)21-7-19-40(3)29-23-28(13-9-26(29)11-16-32(40)42)47-36(51)25(2)46-37(52)31(45)15-18-34(49)50/h9-10,13-14,23-25,30-33H,7-8,11-12,15-22,44-45H2,1-6H3,(H,46,52)(H,47,51)(H,49,50)(H,48,53,54)/t24?,25-,30?,31-,32?,33+,40+,41-,42-,43-/m0/s1. The van der Waals surface area contributed by atoms with E-state index in [1.807, 2.05) is 25.1 Å². The highest BCUT2D eigenvalue weighted by molar-refractivity contribution is 6.01. The molecule has 0 spiro atoms. The molecular formula is C43H61N5O6. The van der Waals surface area contributed by atoms with Gasteiger partial charge in [-0.2, -0.15) is 0 Å². The average Bonchev–Trinajstić information content (AvgIpc) is 3.11. The molecule has 0 saturated heterocycles. The molecule has 2 saturated carbocycles. The topological polar surface area (TPSA) is 194 Å². The van der Waals surface area contributed by atoms with E-state index in [9.17, 15) is 24.0 Å². The first-order valence-corrected chi connectivity index (χ1v) is 20.1. The Morgan fingerprint density at radius 3 is 2.15 bits per heavy atom. The Morgan fingerprint density at radius 2 is 1.50 bits per heavy atom. The highest BCUT2D eigenvalue weighted by Gasteiger charge is 2.59. The number of carbonyl (C=O) groups is 5. The summed E-state index contributed by atoms with van der Waals surface area (Å²) in [4.78, 5) is 65.6. The molecule has 0 aromatic heterocycles. The Morgan fingerprint density at radius 1 is 0.889 bits per heavy atom. The fourth-order valence-corrected chi connectivity index (χ4v) is 11.7. The summed E-state index contributed by atoms with van der Waals surface area (Å²) in [5.41, 5.74) is 16.1. The lowest BCUT2D eigenvalue weighted by Crippen LogP contribution is -2.60. The largest absolute Gasteiger partial charge is 0.481 e. The minimum atomic E-state index is -1.05. The Balaban J connectivity index is 1.17. The maximum Gasteiger partial charge on any atom is 0.303 e. The van der Waals surface area contributed by atoms with Crippen LogP contribution in [0, 0.1) is 34.0 Å². The summed E-state index contributed by atoms with van der Waals surface area (Å²) in [7, 11) is 0. The van der Waals surface area contributed by atoms with Crippen molar-refractivity contribution in [2.24, 2.45) is 45.5 Å². The number of imide groups is 1. The minimum absolute atomic E-state index is 0.0151. The number of nitrogens with one attached hydrogen (secondary N) is 3. The fraction of sp³-hybridized carbons (Fsp3) is 0.651. The van der Waals surface area contributed by atoms with E-state index in [1.54, 1.807) is 6.92 Å². The first-order valence-electron chi connectivity index (χ1n) is 20.1. The van der Waals surface area contributed by atoms with Crippen LogP contribution < -0.4 is 27.4 Å². The lowest BCUT2D eigenvalue weighted by atomic mass is 9.47. The summed E-state index contributed by atoms with van der Waals surface area (Å²) >= 11 is 0. The molecule has 10 atom stereocenters. The maximum absolute atomic E-state index is 14.6. The molecule has 54 heavy (non-hydrogen) atoms. The average molecular weight is 744 g/mol. The van der Waals surface area contributed by atoms with Crippen molar-refractivity contribution in [3.05, 3.63) is 52.6 Å². The molecule has 1 aromatic rings. The number of rotatable bonds is 9. The smallest absolute Gasteiger partial charge is 0.303 e. The second kappa shape index (κ2) is 14.7. The predicted octanol–water partition coefficient (Wildman–Crippen LogP) is 5.41. The molecule has 6 rings (SSSR count). The molecule has 2 fully saturated rings. The number of aliphatic carboxylic acids is 1. The van der Waals surface area contributed by atoms with Gasteiger partial charge in [-0.3, -0.25) is 29.3 Å². The van der Waals surface area contributed by atoms with Gasteiger partial charge in [-0.05, 0) is 122 Å². The number of carboxylic acid groups (broad SMARTS) is 1. The van der Waals surface area contributed by atoms with Crippen LogP contribution in [-0.2, 0) is 35.8 Å². The predicted molar refractivity (Wildman–Crippen MR) is 208 cm³/mol. The summed E-state index contributed by atoms with van der Waals surface area (Å²) in [6.45, 7) is 12.5. The van der Waals surface area contributed by atoms with Crippen molar-refractivity contribution in [3.8, 4) is 0 Å². The highest BCUT2D eigenvalue weighted by Crippen LogP contribution is 2.62. The molecule has 0 radical (unpaired) electrons. The third-order valence-corrected chi connectivity index (χ3v) is 14.8. The molecule has 0 heterocycles. The van der Waals surface area contributed by atoms with Crippen molar-refractivity contribution in [3.63, 3.8) is 0 Å². The molecule has 1 aromatic carbocycles. The Bertz CT molecular complexity index is 1790. The maximum atomic E-state index is 14.6. The lowest BCUT2D eigenvalue weighted by Gasteiger charge is -2.57. The van der Waals surface area contributed by atoms with Crippen molar-refractivity contribution < 1.29 is 29.1 Å². The zero-order valence-corrected chi connectivity index (χ0v) is 33.0. The van der Waals surface area contributed by atoms with Crippen molar-refractivity contribution in [2.45, 2.75) is 142 Å². The molecule has 4 amide bonds. The van der Waals surface area contributed by atoms with Crippen LogP contribution in [0.3, 0.4) is 0 Å². The number of amides is 4. The minimum Gasteiger partial charge on any atom is -0.481 e. The van der Waals surface area contributed by atoms with Crippen LogP contribution in [-0.4, -0.2) is 52.8 Å². The molecule has 5 aliphatic carbocycles. The Hall–Kier alpha value is -3.83. The second-order valence-electron chi connectivity index (χ2n) is 18.1. The Kier molecular flexibility index (Phi) is 10.8. The van der Waals surface area contributed by atoms with Gasteiger partial charge in [0.15, 0.2) is 0 Å². The van der Waals surface area contributed by atoms with Gasteiger partial charge in [0.2, 0.25) is 23.6 Å². The van der Waals surface area contributed by atoms with Crippen LogP contribution in [0.5, 0.6) is 0 Å². The van der Waals surface area contributed by atoms with Crippen LogP contribution in [0.15, 0.2) is 41.5 Å². The number of allylic oxidation sites excluding steroid dienone is 2. The van der Waals surface area contributed by atoms with Gasteiger partial charge in [0.1, 0.15) is 6.04 Å².